The van der Waals surface area contributed by atoms with E-state index < -0.39 is 6.04 Å². The maximum Gasteiger partial charge on any atom is 0.323 e. The molecular weight excluding hydrogens is 168 g/mol. The molecule has 2 N–H and O–H groups in total. The second-order valence-corrected chi connectivity index (χ2v) is 4.05. The molecule has 1 fully saturated rings. The molecule has 1 heterocycles. The molecule has 0 spiro atoms. The van der Waals surface area contributed by atoms with Crippen molar-refractivity contribution >= 4 is 5.97 Å². The number of likely N-dealkylation sites (tertiary alicyclic amines) is 1. The number of ether oxygens (including phenoxy) is 1. The Hall–Kier alpha value is -0.610. The van der Waals surface area contributed by atoms with Crippen LogP contribution < -0.4 is 5.73 Å². The number of nitrogens with two attached hydrogens (primary N) is 1. The van der Waals surface area contributed by atoms with E-state index in [1.807, 2.05) is 20.9 Å². The van der Waals surface area contributed by atoms with Crippen LogP contribution in [0.15, 0.2) is 0 Å². The van der Waals surface area contributed by atoms with Crippen molar-refractivity contribution in [3.05, 3.63) is 0 Å². The molecule has 76 valence electrons. The zero-order valence-electron chi connectivity index (χ0n) is 8.49. The van der Waals surface area contributed by atoms with E-state index >= 15 is 0 Å². The molecule has 1 rings (SSSR count). The standard InChI is InChI=1S/C9H18N2O2/c1-6(2)8(10)9(12)13-7-4-11(3)5-7/h6-8H,4-5,10H2,1-3H3. The summed E-state index contributed by atoms with van der Waals surface area (Å²) < 4.78 is 5.17. The smallest absolute Gasteiger partial charge is 0.323 e. The van der Waals surface area contributed by atoms with Gasteiger partial charge in [0.25, 0.3) is 0 Å². The van der Waals surface area contributed by atoms with Crippen molar-refractivity contribution in [1.29, 1.82) is 0 Å². The zero-order chi connectivity index (χ0) is 10.0. The van der Waals surface area contributed by atoms with Gasteiger partial charge in [0, 0.05) is 13.1 Å². The van der Waals surface area contributed by atoms with Crippen molar-refractivity contribution in [2.75, 3.05) is 20.1 Å². The van der Waals surface area contributed by atoms with Crippen molar-refractivity contribution in [2.24, 2.45) is 11.7 Å². The third-order valence-corrected chi connectivity index (χ3v) is 2.30. The van der Waals surface area contributed by atoms with E-state index in [-0.39, 0.29) is 18.0 Å². The highest BCUT2D eigenvalue weighted by atomic mass is 16.5. The highest BCUT2D eigenvalue weighted by Gasteiger charge is 2.29. The van der Waals surface area contributed by atoms with E-state index in [1.54, 1.807) is 0 Å². The summed E-state index contributed by atoms with van der Waals surface area (Å²) in [7, 11) is 1.99. The van der Waals surface area contributed by atoms with Gasteiger partial charge < -0.3 is 10.5 Å². The van der Waals surface area contributed by atoms with E-state index in [9.17, 15) is 4.79 Å². The number of hydrogen-bond acceptors (Lipinski definition) is 4. The average molecular weight is 186 g/mol. The van der Waals surface area contributed by atoms with Crippen LogP contribution in [-0.2, 0) is 9.53 Å². The number of rotatable bonds is 3. The quantitative estimate of drug-likeness (QED) is 0.622. The number of likely N-dealkylation sites (N-methyl/N-ethyl adjacent to an activating group) is 1. The van der Waals surface area contributed by atoms with Gasteiger partial charge in [-0.3, -0.25) is 9.69 Å². The summed E-state index contributed by atoms with van der Waals surface area (Å²) in [6.07, 6.45) is 0.0577. The fourth-order valence-corrected chi connectivity index (χ4v) is 1.23. The fraction of sp³-hybridized carbons (Fsp3) is 0.889. The van der Waals surface area contributed by atoms with E-state index in [1.165, 1.54) is 0 Å². The second kappa shape index (κ2) is 4.07. The van der Waals surface area contributed by atoms with Crippen LogP contribution in [0.25, 0.3) is 0 Å². The lowest BCUT2D eigenvalue weighted by Crippen LogP contribution is -2.52. The summed E-state index contributed by atoms with van der Waals surface area (Å²) in [5.41, 5.74) is 5.63. The second-order valence-electron chi connectivity index (χ2n) is 4.05. The first kappa shape index (κ1) is 10.5. The molecule has 1 saturated heterocycles. The number of carbonyl (C=O) groups excluding carboxylic acids is 1. The minimum atomic E-state index is -0.481. The van der Waals surface area contributed by atoms with Gasteiger partial charge in [-0.25, -0.2) is 0 Å². The summed E-state index contributed by atoms with van der Waals surface area (Å²) in [6.45, 7) is 5.49. The van der Waals surface area contributed by atoms with Crippen molar-refractivity contribution in [1.82, 2.24) is 4.90 Å². The highest BCUT2D eigenvalue weighted by molar-refractivity contribution is 5.76. The Balaban J connectivity index is 2.25. The van der Waals surface area contributed by atoms with E-state index in [0.717, 1.165) is 13.1 Å². The summed E-state index contributed by atoms with van der Waals surface area (Å²) >= 11 is 0. The normalized spacial score (nSPS) is 21.3. The Bertz CT molecular complexity index is 188. The molecule has 4 heteroatoms. The first-order chi connectivity index (χ1) is 6.00. The summed E-state index contributed by atoms with van der Waals surface area (Å²) in [6, 6.07) is -0.481. The Labute approximate surface area is 79.0 Å². The molecule has 4 nitrogen and oxygen atoms in total. The predicted molar refractivity (Wildman–Crippen MR) is 50.2 cm³/mol. The molecule has 1 aliphatic heterocycles. The van der Waals surface area contributed by atoms with Gasteiger partial charge in [0.15, 0.2) is 0 Å². The monoisotopic (exact) mass is 186 g/mol. The van der Waals surface area contributed by atoms with Gasteiger partial charge in [-0.2, -0.15) is 0 Å². The lowest BCUT2D eigenvalue weighted by atomic mass is 10.1. The Morgan fingerprint density at radius 3 is 2.46 bits per heavy atom. The molecule has 1 atom stereocenters. The van der Waals surface area contributed by atoms with Gasteiger partial charge in [-0.1, -0.05) is 13.8 Å². The van der Waals surface area contributed by atoms with Crippen LogP contribution in [0.1, 0.15) is 13.8 Å². The minimum absolute atomic E-state index is 0.0577. The van der Waals surface area contributed by atoms with Crippen LogP contribution in [0, 0.1) is 5.92 Å². The zero-order valence-corrected chi connectivity index (χ0v) is 8.49. The van der Waals surface area contributed by atoms with Crippen LogP contribution in [0.2, 0.25) is 0 Å². The Kier molecular flexibility index (Phi) is 3.27. The summed E-state index contributed by atoms with van der Waals surface area (Å²) in [5.74, 6) is -0.126. The number of carbonyl (C=O) groups is 1. The van der Waals surface area contributed by atoms with Gasteiger partial charge in [0.2, 0.25) is 0 Å². The molecular formula is C9H18N2O2. The third-order valence-electron chi connectivity index (χ3n) is 2.30. The van der Waals surface area contributed by atoms with E-state index in [2.05, 4.69) is 4.90 Å². The van der Waals surface area contributed by atoms with Crippen molar-refractivity contribution < 1.29 is 9.53 Å². The molecule has 0 aliphatic carbocycles. The Morgan fingerprint density at radius 1 is 1.54 bits per heavy atom. The third kappa shape index (κ3) is 2.67. The van der Waals surface area contributed by atoms with Crippen LogP contribution in [0.4, 0.5) is 0 Å². The van der Waals surface area contributed by atoms with E-state index in [4.69, 9.17) is 10.5 Å². The summed E-state index contributed by atoms with van der Waals surface area (Å²) in [5, 5.41) is 0. The lowest BCUT2D eigenvalue weighted by Gasteiger charge is -2.36. The topological polar surface area (TPSA) is 55.6 Å². The maximum absolute atomic E-state index is 11.3. The highest BCUT2D eigenvalue weighted by Crippen LogP contribution is 2.10. The van der Waals surface area contributed by atoms with Crippen LogP contribution in [-0.4, -0.2) is 43.2 Å². The maximum atomic E-state index is 11.3. The van der Waals surface area contributed by atoms with Crippen LogP contribution in [0.5, 0.6) is 0 Å². The summed E-state index contributed by atoms with van der Waals surface area (Å²) in [4.78, 5) is 13.4. The van der Waals surface area contributed by atoms with Gasteiger partial charge in [-0.05, 0) is 13.0 Å². The van der Waals surface area contributed by atoms with Gasteiger partial charge >= 0.3 is 5.97 Å². The van der Waals surface area contributed by atoms with Crippen molar-refractivity contribution in [3.8, 4) is 0 Å². The van der Waals surface area contributed by atoms with Crippen molar-refractivity contribution in [2.45, 2.75) is 26.0 Å². The molecule has 1 unspecified atom stereocenters. The SMILES string of the molecule is CC(C)C(N)C(=O)OC1CN(C)C1. The van der Waals surface area contributed by atoms with Crippen LogP contribution in [0.3, 0.4) is 0 Å². The predicted octanol–water partition coefficient (Wildman–Crippen LogP) is -0.173. The number of esters is 1. The molecule has 0 aromatic carbocycles. The molecule has 13 heavy (non-hydrogen) atoms. The largest absolute Gasteiger partial charge is 0.458 e. The molecule has 0 aromatic rings. The molecule has 0 aromatic heterocycles. The van der Waals surface area contributed by atoms with Gasteiger partial charge in [0.05, 0.1) is 0 Å². The number of hydrogen-bond donors (Lipinski definition) is 1. The minimum Gasteiger partial charge on any atom is -0.458 e. The molecule has 0 saturated carbocycles. The average Bonchev–Trinajstić information content (AvgIpc) is 2.00. The number of nitrogens with zero attached hydrogens (tertiary/aromatic N) is 1. The first-order valence-corrected chi connectivity index (χ1v) is 4.65. The fourth-order valence-electron chi connectivity index (χ4n) is 1.23. The molecule has 0 radical (unpaired) electrons. The van der Waals surface area contributed by atoms with E-state index in [0.29, 0.717) is 0 Å². The first-order valence-electron chi connectivity index (χ1n) is 4.65. The lowest BCUT2D eigenvalue weighted by molar-refractivity contribution is -0.159. The Morgan fingerprint density at radius 2 is 2.08 bits per heavy atom. The van der Waals surface area contributed by atoms with Gasteiger partial charge in [-0.15, -0.1) is 0 Å². The van der Waals surface area contributed by atoms with Crippen LogP contribution >= 0.6 is 0 Å². The van der Waals surface area contributed by atoms with Gasteiger partial charge in [0.1, 0.15) is 12.1 Å². The molecule has 0 amide bonds. The van der Waals surface area contributed by atoms with Crippen molar-refractivity contribution in [3.63, 3.8) is 0 Å². The molecule has 1 aliphatic rings. The molecule has 0 bridgehead atoms.